The van der Waals surface area contributed by atoms with Crippen LogP contribution in [0.1, 0.15) is 12.6 Å². The van der Waals surface area contributed by atoms with Gasteiger partial charge >= 0.3 is 6.09 Å². The second-order valence-corrected chi connectivity index (χ2v) is 3.54. The van der Waals surface area contributed by atoms with E-state index in [-0.39, 0.29) is 12.1 Å². The van der Waals surface area contributed by atoms with Gasteiger partial charge in [0.1, 0.15) is 6.61 Å². The van der Waals surface area contributed by atoms with E-state index >= 15 is 0 Å². The lowest BCUT2D eigenvalue weighted by Crippen LogP contribution is -2.34. The van der Waals surface area contributed by atoms with Crippen LogP contribution in [0.4, 0.5) is 4.79 Å². The summed E-state index contributed by atoms with van der Waals surface area (Å²) in [4.78, 5) is 17.3. The van der Waals surface area contributed by atoms with E-state index < -0.39 is 0 Å². The molecule has 0 spiro atoms. The minimum Gasteiger partial charge on any atom is -0.447 e. The van der Waals surface area contributed by atoms with E-state index in [0.717, 1.165) is 12.1 Å². The van der Waals surface area contributed by atoms with Crippen molar-refractivity contribution in [3.05, 3.63) is 30.1 Å². The molecule has 4 nitrogen and oxygen atoms in total. The van der Waals surface area contributed by atoms with Crippen LogP contribution in [-0.2, 0) is 11.2 Å². The van der Waals surface area contributed by atoms with E-state index in [4.69, 9.17) is 4.74 Å². The Morgan fingerprint density at radius 2 is 2.47 bits per heavy atom. The molecule has 1 amide bonds. The number of carbonyl (C=O) groups is 1. The van der Waals surface area contributed by atoms with Crippen LogP contribution in [0, 0.1) is 0 Å². The van der Waals surface area contributed by atoms with Crippen molar-refractivity contribution >= 4 is 6.09 Å². The van der Waals surface area contributed by atoms with E-state index in [9.17, 15) is 4.79 Å². The molecule has 0 aromatic carbocycles. The molecule has 0 N–H and O–H groups in total. The number of hydrogen-bond donors (Lipinski definition) is 0. The fraction of sp³-hybridized carbons (Fsp3) is 0.455. The van der Waals surface area contributed by atoms with Gasteiger partial charge in [-0.15, -0.1) is 0 Å². The van der Waals surface area contributed by atoms with Crippen molar-refractivity contribution in [1.82, 2.24) is 9.88 Å². The van der Waals surface area contributed by atoms with Crippen LogP contribution in [0.25, 0.3) is 0 Å². The average Bonchev–Trinajstić information content (AvgIpc) is 2.61. The molecule has 80 valence electrons. The molecule has 1 saturated heterocycles. The van der Waals surface area contributed by atoms with E-state index in [2.05, 4.69) is 4.98 Å². The lowest BCUT2D eigenvalue weighted by Gasteiger charge is -2.18. The van der Waals surface area contributed by atoms with E-state index in [1.807, 2.05) is 25.1 Å². The smallest absolute Gasteiger partial charge is 0.410 e. The predicted molar refractivity (Wildman–Crippen MR) is 55.5 cm³/mol. The highest BCUT2D eigenvalue weighted by Crippen LogP contribution is 2.15. The number of nitrogens with zero attached hydrogens (tertiary/aromatic N) is 2. The Bertz CT molecular complexity index is 340. The molecule has 1 aromatic rings. The van der Waals surface area contributed by atoms with Crippen LogP contribution in [-0.4, -0.2) is 35.2 Å². The molecule has 2 heterocycles. The molecular formula is C11H14N2O2. The third kappa shape index (κ3) is 2.09. The molecule has 1 atom stereocenters. The number of ether oxygens (including phenoxy) is 1. The van der Waals surface area contributed by atoms with Crippen molar-refractivity contribution in [1.29, 1.82) is 0 Å². The van der Waals surface area contributed by atoms with Gasteiger partial charge in [-0.2, -0.15) is 0 Å². The standard InChI is InChI=1S/C11H14N2O2/c1-2-13-10(8-15-11(13)14)7-9-5-3-4-6-12-9/h3-6,10H,2,7-8H2,1H3. The Labute approximate surface area is 88.9 Å². The van der Waals surface area contributed by atoms with Crippen molar-refractivity contribution in [2.75, 3.05) is 13.2 Å². The maximum absolute atomic E-state index is 11.3. The lowest BCUT2D eigenvalue weighted by atomic mass is 10.1. The van der Waals surface area contributed by atoms with Crippen LogP contribution in [0.2, 0.25) is 0 Å². The van der Waals surface area contributed by atoms with Crippen LogP contribution < -0.4 is 0 Å². The number of amides is 1. The monoisotopic (exact) mass is 206 g/mol. The molecule has 2 rings (SSSR count). The summed E-state index contributed by atoms with van der Waals surface area (Å²) in [6, 6.07) is 5.95. The number of cyclic esters (lactones) is 1. The van der Waals surface area contributed by atoms with Crippen LogP contribution in [0.5, 0.6) is 0 Å². The van der Waals surface area contributed by atoms with E-state index in [1.54, 1.807) is 11.1 Å². The maximum Gasteiger partial charge on any atom is 0.410 e. The summed E-state index contributed by atoms with van der Waals surface area (Å²) in [6.07, 6.45) is 2.32. The quantitative estimate of drug-likeness (QED) is 0.752. The molecule has 0 aliphatic carbocycles. The van der Waals surface area contributed by atoms with Gasteiger partial charge in [0.2, 0.25) is 0 Å². The average molecular weight is 206 g/mol. The van der Waals surface area contributed by atoms with Gasteiger partial charge < -0.3 is 9.64 Å². The van der Waals surface area contributed by atoms with Gasteiger partial charge in [0.15, 0.2) is 0 Å². The summed E-state index contributed by atoms with van der Waals surface area (Å²) in [7, 11) is 0. The lowest BCUT2D eigenvalue weighted by molar-refractivity contribution is 0.159. The second kappa shape index (κ2) is 4.29. The van der Waals surface area contributed by atoms with Gasteiger partial charge in [-0.25, -0.2) is 4.79 Å². The fourth-order valence-electron chi connectivity index (χ4n) is 1.81. The van der Waals surface area contributed by atoms with Gasteiger partial charge in [0.25, 0.3) is 0 Å². The second-order valence-electron chi connectivity index (χ2n) is 3.54. The van der Waals surface area contributed by atoms with Crippen molar-refractivity contribution in [2.45, 2.75) is 19.4 Å². The summed E-state index contributed by atoms with van der Waals surface area (Å²) < 4.78 is 5.00. The molecule has 1 aromatic heterocycles. The highest BCUT2D eigenvalue weighted by molar-refractivity contribution is 5.70. The first-order valence-electron chi connectivity index (χ1n) is 5.14. The zero-order valence-electron chi connectivity index (χ0n) is 8.72. The Balaban J connectivity index is 2.04. The Kier molecular flexibility index (Phi) is 2.85. The largest absolute Gasteiger partial charge is 0.447 e. The van der Waals surface area contributed by atoms with E-state index in [0.29, 0.717) is 13.2 Å². The molecule has 15 heavy (non-hydrogen) atoms. The SMILES string of the molecule is CCN1C(=O)OCC1Cc1ccccn1. The number of aromatic nitrogens is 1. The highest BCUT2D eigenvalue weighted by Gasteiger charge is 2.31. The molecule has 1 aliphatic rings. The Morgan fingerprint density at radius 3 is 3.13 bits per heavy atom. The minimum absolute atomic E-state index is 0.136. The summed E-state index contributed by atoms with van der Waals surface area (Å²) >= 11 is 0. The summed E-state index contributed by atoms with van der Waals surface area (Å²) in [5, 5.41) is 0. The number of pyridine rings is 1. The molecule has 0 bridgehead atoms. The Morgan fingerprint density at radius 1 is 1.60 bits per heavy atom. The van der Waals surface area contributed by atoms with Crippen molar-refractivity contribution in [3.63, 3.8) is 0 Å². The first kappa shape index (κ1) is 9.96. The number of likely N-dealkylation sites (N-methyl/N-ethyl adjacent to an activating group) is 1. The molecule has 4 heteroatoms. The molecule has 1 aliphatic heterocycles. The van der Waals surface area contributed by atoms with Gasteiger partial charge in [-0.1, -0.05) is 6.07 Å². The van der Waals surface area contributed by atoms with Gasteiger partial charge in [-0.3, -0.25) is 4.98 Å². The molecule has 0 saturated carbocycles. The first-order chi connectivity index (χ1) is 7.31. The van der Waals surface area contributed by atoms with E-state index in [1.165, 1.54) is 0 Å². The van der Waals surface area contributed by atoms with Crippen LogP contribution in [0.3, 0.4) is 0 Å². The number of rotatable bonds is 3. The molecule has 0 radical (unpaired) electrons. The number of carbonyl (C=O) groups excluding carboxylic acids is 1. The molecule has 1 unspecified atom stereocenters. The zero-order chi connectivity index (χ0) is 10.7. The molecule has 1 fully saturated rings. The molecular weight excluding hydrogens is 192 g/mol. The summed E-state index contributed by atoms with van der Waals surface area (Å²) in [5.74, 6) is 0. The maximum atomic E-state index is 11.3. The highest BCUT2D eigenvalue weighted by atomic mass is 16.6. The third-order valence-electron chi connectivity index (χ3n) is 2.59. The van der Waals surface area contributed by atoms with Crippen LogP contribution >= 0.6 is 0 Å². The summed E-state index contributed by atoms with van der Waals surface area (Å²) in [5.41, 5.74) is 0.999. The fourth-order valence-corrected chi connectivity index (χ4v) is 1.81. The minimum atomic E-state index is -0.210. The van der Waals surface area contributed by atoms with Crippen molar-refractivity contribution in [3.8, 4) is 0 Å². The predicted octanol–water partition coefficient (Wildman–Crippen LogP) is 1.46. The topological polar surface area (TPSA) is 42.4 Å². The normalized spacial score (nSPS) is 20.5. The zero-order valence-corrected chi connectivity index (χ0v) is 8.72. The van der Waals surface area contributed by atoms with Gasteiger partial charge in [-0.05, 0) is 19.1 Å². The first-order valence-corrected chi connectivity index (χ1v) is 5.14. The number of hydrogen-bond acceptors (Lipinski definition) is 3. The Hall–Kier alpha value is -1.58. The van der Waals surface area contributed by atoms with Crippen molar-refractivity contribution < 1.29 is 9.53 Å². The van der Waals surface area contributed by atoms with Gasteiger partial charge in [0, 0.05) is 24.9 Å². The van der Waals surface area contributed by atoms with Crippen LogP contribution in [0.15, 0.2) is 24.4 Å². The third-order valence-corrected chi connectivity index (χ3v) is 2.59. The van der Waals surface area contributed by atoms with Crippen molar-refractivity contribution in [2.24, 2.45) is 0 Å². The van der Waals surface area contributed by atoms with Gasteiger partial charge in [0.05, 0.1) is 6.04 Å². The summed E-state index contributed by atoms with van der Waals surface area (Å²) in [6.45, 7) is 3.12.